The molecule has 0 saturated carbocycles. The molecule has 0 atom stereocenters. The van der Waals surface area contributed by atoms with Crippen molar-refractivity contribution in [3.05, 3.63) is 125 Å². The van der Waals surface area contributed by atoms with Gasteiger partial charge in [0.25, 0.3) is 5.91 Å². The molecule has 1 amide bonds. The number of hydrogen-bond donors (Lipinski definition) is 0. The van der Waals surface area contributed by atoms with E-state index in [0.29, 0.717) is 15.8 Å². The molecule has 5 heteroatoms. The zero-order valence-corrected chi connectivity index (χ0v) is 20.9. The summed E-state index contributed by atoms with van der Waals surface area (Å²) >= 11 is 6.96. The first-order chi connectivity index (χ1) is 17.7. The van der Waals surface area contributed by atoms with Crippen LogP contribution in [-0.4, -0.2) is 10.2 Å². The van der Waals surface area contributed by atoms with E-state index in [-0.39, 0.29) is 5.91 Å². The molecule has 3 nitrogen and oxygen atoms in total. The quantitative estimate of drug-likeness (QED) is 0.180. The summed E-state index contributed by atoms with van der Waals surface area (Å²) in [6.07, 6.45) is 1.88. The SMILES string of the molecule is O=C1/C(=C\c2ccccc2OCc2cccc3ccccc23)SC(=S)N1c1cccc2ccccc12. The lowest BCUT2D eigenvalue weighted by Crippen LogP contribution is -2.27. The number of carbonyl (C=O) groups is 1. The number of fused-ring (bicyclic) bond motifs is 2. The standard InChI is InChI=1S/C31H21NO2S2/c33-30-29(36-31(35)32(30)27-17-8-13-22-10-2-5-16-26(22)27)19-23-11-3-6-18-28(23)34-20-24-14-7-12-21-9-1-4-15-25(21)24/h1-19H,20H2/b29-19+. The maximum atomic E-state index is 13.5. The zero-order valence-electron chi connectivity index (χ0n) is 19.3. The highest BCUT2D eigenvalue weighted by Crippen LogP contribution is 2.39. The van der Waals surface area contributed by atoms with E-state index in [1.807, 2.05) is 91.0 Å². The minimum atomic E-state index is -0.120. The predicted molar refractivity (Wildman–Crippen MR) is 154 cm³/mol. The molecule has 0 aliphatic carbocycles. The van der Waals surface area contributed by atoms with E-state index >= 15 is 0 Å². The molecule has 1 fully saturated rings. The van der Waals surface area contributed by atoms with E-state index in [1.165, 1.54) is 22.5 Å². The molecule has 0 radical (unpaired) electrons. The van der Waals surface area contributed by atoms with Crippen LogP contribution in [0.25, 0.3) is 27.6 Å². The van der Waals surface area contributed by atoms with Crippen LogP contribution < -0.4 is 9.64 Å². The summed E-state index contributed by atoms with van der Waals surface area (Å²) in [5.41, 5.74) is 2.76. The first-order valence-corrected chi connectivity index (χ1v) is 12.9. The van der Waals surface area contributed by atoms with Crippen LogP contribution >= 0.6 is 24.0 Å². The Morgan fingerprint density at radius 1 is 0.750 bits per heavy atom. The summed E-state index contributed by atoms with van der Waals surface area (Å²) in [5.74, 6) is 0.603. The van der Waals surface area contributed by atoms with Crippen molar-refractivity contribution in [1.29, 1.82) is 0 Å². The van der Waals surface area contributed by atoms with Gasteiger partial charge >= 0.3 is 0 Å². The number of ether oxygens (including phenoxy) is 1. The van der Waals surface area contributed by atoms with Crippen molar-refractivity contribution in [3.63, 3.8) is 0 Å². The number of nitrogens with zero attached hydrogens (tertiary/aromatic N) is 1. The number of benzene rings is 5. The molecule has 0 aromatic heterocycles. The molecular weight excluding hydrogens is 482 g/mol. The third-order valence-corrected chi connectivity index (χ3v) is 7.57. The van der Waals surface area contributed by atoms with Crippen molar-refractivity contribution in [2.45, 2.75) is 6.61 Å². The van der Waals surface area contributed by atoms with Crippen molar-refractivity contribution in [1.82, 2.24) is 0 Å². The highest BCUT2D eigenvalue weighted by atomic mass is 32.2. The number of amides is 1. The fourth-order valence-electron chi connectivity index (χ4n) is 4.53. The van der Waals surface area contributed by atoms with E-state index < -0.39 is 0 Å². The van der Waals surface area contributed by atoms with E-state index in [1.54, 1.807) is 4.90 Å². The van der Waals surface area contributed by atoms with Gasteiger partial charge in [-0.15, -0.1) is 0 Å². The number of carbonyl (C=O) groups excluding carboxylic acids is 1. The largest absolute Gasteiger partial charge is 0.488 e. The van der Waals surface area contributed by atoms with Crippen LogP contribution in [0.5, 0.6) is 5.75 Å². The average Bonchev–Trinajstić information content (AvgIpc) is 3.20. The van der Waals surface area contributed by atoms with Crippen LogP contribution in [0, 0.1) is 0 Å². The van der Waals surface area contributed by atoms with Crippen LogP contribution in [0.4, 0.5) is 5.69 Å². The highest BCUT2D eigenvalue weighted by Gasteiger charge is 2.34. The van der Waals surface area contributed by atoms with E-state index in [4.69, 9.17) is 17.0 Å². The van der Waals surface area contributed by atoms with Gasteiger partial charge in [0.05, 0.1) is 10.6 Å². The summed E-state index contributed by atoms with van der Waals surface area (Å²) < 4.78 is 6.79. The lowest BCUT2D eigenvalue weighted by atomic mass is 10.1. The fraction of sp³-hybridized carbons (Fsp3) is 0.0323. The summed E-state index contributed by atoms with van der Waals surface area (Å²) in [5, 5.41) is 4.43. The Balaban J connectivity index is 1.30. The van der Waals surface area contributed by atoms with Crippen LogP contribution in [0.3, 0.4) is 0 Å². The van der Waals surface area contributed by atoms with Crippen LogP contribution in [-0.2, 0) is 11.4 Å². The van der Waals surface area contributed by atoms with Gasteiger partial charge in [-0.25, -0.2) is 0 Å². The second-order valence-corrected chi connectivity index (χ2v) is 10.2. The molecule has 5 aromatic carbocycles. The molecule has 0 N–H and O–H groups in total. The molecule has 0 bridgehead atoms. The number of rotatable bonds is 5. The summed E-state index contributed by atoms with van der Waals surface area (Å²) in [6.45, 7) is 0.434. The lowest BCUT2D eigenvalue weighted by molar-refractivity contribution is -0.113. The second kappa shape index (κ2) is 9.61. The third-order valence-electron chi connectivity index (χ3n) is 6.27. The van der Waals surface area contributed by atoms with Gasteiger partial charge in [0.2, 0.25) is 0 Å². The van der Waals surface area contributed by atoms with Gasteiger partial charge in [-0.3, -0.25) is 9.69 Å². The number of thioether (sulfide) groups is 1. The zero-order chi connectivity index (χ0) is 24.5. The minimum Gasteiger partial charge on any atom is -0.488 e. The Bertz CT molecular complexity index is 1660. The fourth-order valence-corrected chi connectivity index (χ4v) is 5.80. The lowest BCUT2D eigenvalue weighted by Gasteiger charge is -2.17. The van der Waals surface area contributed by atoms with Gasteiger partial charge in [0, 0.05) is 10.9 Å². The number of anilines is 1. The summed E-state index contributed by atoms with van der Waals surface area (Å²) in [4.78, 5) is 15.7. The Hall–Kier alpha value is -3.93. The molecular formula is C31H21NO2S2. The maximum absolute atomic E-state index is 13.5. The van der Waals surface area contributed by atoms with Gasteiger partial charge in [-0.2, -0.15) is 0 Å². The number of thiocarbonyl (C=S) groups is 1. The van der Waals surface area contributed by atoms with Gasteiger partial charge < -0.3 is 4.74 Å². The van der Waals surface area contributed by atoms with Crippen molar-refractivity contribution in [3.8, 4) is 5.75 Å². The van der Waals surface area contributed by atoms with Gasteiger partial charge in [0.15, 0.2) is 4.32 Å². The van der Waals surface area contributed by atoms with Crippen molar-refractivity contribution in [2.24, 2.45) is 0 Å². The van der Waals surface area contributed by atoms with Gasteiger partial charge in [-0.1, -0.05) is 121 Å². The molecule has 5 aromatic rings. The average molecular weight is 504 g/mol. The predicted octanol–water partition coefficient (Wildman–Crippen LogP) is 7.98. The minimum absolute atomic E-state index is 0.120. The molecule has 1 saturated heterocycles. The van der Waals surface area contributed by atoms with Crippen molar-refractivity contribution in [2.75, 3.05) is 4.90 Å². The van der Waals surface area contributed by atoms with Gasteiger partial charge in [0.1, 0.15) is 12.4 Å². The Labute approximate surface area is 219 Å². The van der Waals surface area contributed by atoms with E-state index in [9.17, 15) is 4.79 Å². The molecule has 1 aliphatic rings. The molecule has 6 rings (SSSR count). The Morgan fingerprint density at radius 2 is 1.39 bits per heavy atom. The van der Waals surface area contributed by atoms with Crippen molar-refractivity contribution < 1.29 is 9.53 Å². The molecule has 1 aliphatic heterocycles. The normalized spacial score (nSPS) is 14.8. The maximum Gasteiger partial charge on any atom is 0.270 e. The summed E-state index contributed by atoms with van der Waals surface area (Å²) in [6, 6.07) is 36.3. The molecule has 0 spiro atoms. The number of para-hydroxylation sites is 1. The van der Waals surface area contributed by atoms with Crippen LogP contribution in [0.15, 0.2) is 114 Å². The molecule has 174 valence electrons. The molecule has 36 heavy (non-hydrogen) atoms. The Morgan fingerprint density at radius 3 is 2.22 bits per heavy atom. The van der Waals surface area contributed by atoms with E-state index in [0.717, 1.165) is 33.3 Å². The topological polar surface area (TPSA) is 29.5 Å². The second-order valence-electron chi connectivity index (χ2n) is 8.48. The third kappa shape index (κ3) is 4.17. The first-order valence-electron chi connectivity index (χ1n) is 11.6. The van der Waals surface area contributed by atoms with Crippen LogP contribution in [0.2, 0.25) is 0 Å². The smallest absolute Gasteiger partial charge is 0.270 e. The number of hydrogen-bond acceptors (Lipinski definition) is 4. The van der Waals surface area contributed by atoms with E-state index in [2.05, 4.69) is 24.3 Å². The molecule has 0 unspecified atom stereocenters. The van der Waals surface area contributed by atoms with Crippen LogP contribution in [0.1, 0.15) is 11.1 Å². The Kier molecular flexibility index (Phi) is 6.01. The summed E-state index contributed by atoms with van der Waals surface area (Å²) in [7, 11) is 0. The molecule has 1 heterocycles. The first kappa shape index (κ1) is 22.5. The van der Waals surface area contributed by atoms with Gasteiger partial charge in [-0.05, 0) is 39.9 Å². The van der Waals surface area contributed by atoms with Crippen molar-refractivity contribution >= 4 is 67.5 Å². The highest BCUT2D eigenvalue weighted by molar-refractivity contribution is 8.27. The monoisotopic (exact) mass is 503 g/mol.